The number of aromatic amines is 1. The van der Waals surface area contributed by atoms with E-state index in [4.69, 9.17) is 9.47 Å². The lowest BCUT2D eigenvalue weighted by atomic mass is 9.82. The Morgan fingerprint density at radius 2 is 1.75 bits per heavy atom. The van der Waals surface area contributed by atoms with E-state index in [1.807, 2.05) is 125 Å². The minimum absolute atomic E-state index is 0.0336. The van der Waals surface area contributed by atoms with Crippen LogP contribution in [0.2, 0.25) is 18.6 Å². The van der Waals surface area contributed by atoms with Crippen LogP contribution in [0.5, 0.6) is 5.75 Å². The Morgan fingerprint density at radius 1 is 1.00 bits per heavy atom. The molecule has 1 unspecified atom stereocenters. The Bertz CT molecular complexity index is 2760. The molecule has 63 heavy (non-hydrogen) atoms. The van der Waals surface area contributed by atoms with Gasteiger partial charge in [0.05, 0.1) is 58.2 Å². The summed E-state index contributed by atoms with van der Waals surface area (Å²) < 4.78 is 15.6. The zero-order valence-corrected chi connectivity index (χ0v) is 38.4. The molecule has 4 heterocycles. The first-order valence-electron chi connectivity index (χ1n) is 21.4. The van der Waals surface area contributed by atoms with Crippen LogP contribution in [0, 0.1) is 5.92 Å². The number of fused-ring (bicyclic) bond motifs is 3. The molecule has 0 aliphatic carbocycles. The molecular weight excluding hydrogens is 873 g/mol. The van der Waals surface area contributed by atoms with Crippen molar-refractivity contribution in [1.82, 2.24) is 20.0 Å². The highest BCUT2D eigenvalue weighted by Gasteiger charge is 2.66. The number of amides is 2. The average Bonchev–Trinajstić information content (AvgIpc) is 4.06. The fraction of sp³-hybridized carbons (Fsp3) is 0.280. The van der Waals surface area contributed by atoms with Crippen LogP contribution in [-0.4, -0.2) is 64.8 Å². The van der Waals surface area contributed by atoms with Gasteiger partial charge in [0.1, 0.15) is 5.75 Å². The lowest BCUT2D eigenvalue weighted by Gasteiger charge is -2.37. The lowest BCUT2D eigenvalue weighted by molar-refractivity contribution is -0.146. The summed E-state index contributed by atoms with van der Waals surface area (Å²) in [6.45, 7) is 7.72. The lowest BCUT2D eigenvalue weighted by Crippen LogP contribution is -2.51. The number of halogens is 1. The van der Waals surface area contributed by atoms with Crippen LogP contribution < -0.4 is 20.1 Å². The molecule has 5 atom stereocenters. The van der Waals surface area contributed by atoms with Gasteiger partial charge in [-0.25, -0.2) is 0 Å². The largest absolute Gasteiger partial charge is 0.497 e. The standard InChI is InChI=1S/C50H51BrN6O5Si/c1-32-48(63(3,4)39-21-19-38(61-2)20-22-39)46(24-25-56-30-44(54-55-56)41(31-58)34-10-6-5-7-11-34)62-50(32)42-27-36(51)16-23-45(42)57(49(50)60)29-33-14-17-37(18-15-33)53-47(59)26-35-28-52-43-13-9-8-12-40(35)43/h5-23,27-28,30,32,41,46,48,52,58H,24-26,29,31H2,1-4H3,(H,53,59)/t32-,41?,46+,48-,50+/m1/s1. The Hall–Kier alpha value is -5.86. The zero-order valence-electron chi connectivity index (χ0n) is 35.8. The van der Waals surface area contributed by atoms with Crippen molar-refractivity contribution >= 4 is 63.3 Å². The maximum atomic E-state index is 15.4. The maximum absolute atomic E-state index is 15.4. The van der Waals surface area contributed by atoms with E-state index < -0.39 is 13.7 Å². The smallest absolute Gasteiger partial charge is 0.264 e. The SMILES string of the molecule is COc1ccc([Si](C)(C)[C@H]2[C@H](CCn3cc(C(CO)c4ccccc4)nn3)O[C@@]3(C(=O)N(Cc4ccc(NC(=O)Cc5c[nH]c6ccccc56)cc4)c4ccc(Br)cc43)[C@@H]2C)cc1. The zero-order chi connectivity index (χ0) is 43.9. The van der Waals surface area contributed by atoms with Crippen LogP contribution in [0.3, 0.4) is 0 Å². The highest BCUT2D eigenvalue weighted by Crippen LogP contribution is 2.60. The molecule has 1 spiro atoms. The van der Waals surface area contributed by atoms with Crippen LogP contribution in [0.25, 0.3) is 10.9 Å². The quantitative estimate of drug-likeness (QED) is 0.0930. The fourth-order valence-corrected chi connectivity index (χ4v) is 14.6. The summed E-state index contributed by atoms with van der Waals surface area (Å²) in [5, 5.41) is 24.7. The molecule has 1 fully saturated rings. The van der Waals surface area contributed by atoms with Gasteiger partial charge in [-0.15, -0.1) is 5.10 Å². The van der Waals surface area contributed by atoms with E-state index in [0.29, 0.717) is 30.9 Å². The number of carbonyl (C=O) groups is 2. The molecule has 11 nitrogen and oxygen atoms in total. The Morgan fingerprint density at radius 3 is 2.49 bits per heavy atom. The van der Waals surface area contributed by atoms with Crippen LogP contribution in [-0.2, 0) is 39.4 Å². The molecule has 2 aliphatic heterocycles. The van der Waals surface area contributed by atoms with Crippen LogP contribution >= 0.6 is 15.9 Å². The van der Waals surface area contributed by atoms with Gasteiger partial charge in [0, 0.05) is 51.5 Å². The summed E-state index contributed by atoms with van der Waals surface area (Å²) in [5.41, 5.74) is 5.72. The second-order valence-electron chi connectivity index (χ2n) is 17.3. The number of hydrogen-bond donors (Lipinski definition) is 3. The molecule has 7 aromatic rings. The second-order valence-corrected chi connectivity index (χ2v) is 22.9. The predicted octanol–water partition coefficient (Wildman–Crippen LogP) is 8.69. The van der Waals surface area contributed by atoms with E-state index in [1.54, 1.807) is 7.11 Å². The van der Waals surface area contributed by atoms with Gasteiger partial charge in [0.15, 0.2) is 5.60 Å². The summed E-state index contributed by atoms with van der Waals surface area (Å²) in [6.07, 6.45) is 4.36. The molecule has 2 aliphatic rings. The molecule has 0 bridgehead atoms. The summed E-state index contributed by atoms with van der Waals surface area (Å²) in [7, 11) is -0.719. The summed E-state index contributed by atoms with van der Waals surface area (Å²) in [4.78, 5) is 33.6. The number of H-pyrrole nitrogens is 1. The summed E-state index contributed by atoms with van der Waals surface area (Å²) >= 11 is 3.74. The highest BCUT2D eigenvalue weighted by molar-refractivity contribution is 9.10. The van der Waals surface area contributed by atoms with E-state index in [2.05, 4.69) is 74.8 Å². The number of rotatable bonds is 14. The van der Waals surface area contributed by atoms with E-state index >= 15 is 4.79 Å². The maximum Gasteiger partial charge on any atom is 0.264 e. The molecule has 5 aromatic carbocycles. The van der Waals surface area contributed by atoms with Crippen LogP contribution in [0.4, 0.5) is 11.4 Å². The van der Waals surface area contributed by atoms with Crippen molar-refractivity contribution in [3.8, 4) is 5.75 Å². The Kier molecular flexibility index (Phi) is 11.7. The number of methoxy groups -OCH3 is 1. The van der Waals surface area contributed by atoms with Gasteiger partial charge >= 0.3 is 0 Å². The number of hydrogen-bond acceptors (Lipinski definition) is 7. The number of para-hydroxylation sites is 1. The molecule has 0 saturated carbocycles. The normalized spacial score (nSPS) is 20.1. The first-order valence-corrected chi connectivity index (χ1v) is 25.3. The van der Waals surface area contributed by atoms with Gasteiger partial charge in [0.2, 0.25) is 5.91 Å². The molecule has 0 radical (unpaired) electrons. The molecule has 2 amide bonds. The average molecular weight is 924 g/mol. The number of benzene rings is 5. The number of aliphatic hydroxyl groups is 1. The van der Waals surface area contributed by atoms with Crippen LogP contribution in [0.15, 0.2) is 138 Å². The first-order chi connectivity index (χ1) is 30.5. The van der Waals surface area contributed by atoms with Gasteiger partial charge in [0.25, 0.3) is 5.91 Å². The third-order valence-corrected chi connectivity index (χ3v) is 18.2. The van der Waals surface area contributed by atoms with E-state index in [1.165, 1.54) is 5.19 Å². The summed E-state index contributed by atoms with van der Waals surface area (Å²) in [6, 6.07) is 39.9. The third kappa shape index (κ3) is 7.92. The molecule has 2 aromatic heterocycles. The first kappa shape index (κ1) is 42.4. The number of carbonyl (C=O) groups excluding carboxylic acids is 2. The number of nitrogens with one attached hydrogen (secondary N) is 2. The second kappa shape index (κ2) is 17.4. The number of aryl methyl sites for hydroxylation is 1. The van der Waals surface area contributed by atoms with Gasteiger partial charge in [-0.1, -0.05) is 119 Å². The van der Waals surface area contributed by atoms with Gasteiger partial charge in [-0.05, 0) is 77.2 Å². The number of aliphatic hydroxyl groups excluding tert-OH is 1. The van der Waals surface area contributed by atoms with E-state index in [0.717, 1.165) is 49.1 Å². The number of anilines is 2. The van der Waals surface area contributed by atoms with E-state index in [-0.39, 0.29) is 48.3 Å². The summed E-state index contributed by atoms with van der Waals surface area (Å²) in [5.74, 6) is 0.139. The number of nitrogens with zero attached hydrogens (tertiary/aromatic N) is 4. The number of ether oxygens (including phenoxy) is 2. The predicted molar refractivity (Wildman–Crippen MR) is 252 cm³/mol. The molecule has 3 N–H and O–H groups in total. The Balaban J connectivity index is 0.990. The Labute approximate surface area is 376 Å². The highest BCUT2D eigenvalue weighted by atomic mass is 79.9. The third-order valence-electron chi connectivity index (χ3n) is 13.3. The fourth-order valence-electron chi connectivity index (χ4n) is 10.1. The number of aromatic nitrogens is 4. The van der Waals surface area contributed by atoms with E-state index in [9.17, 15) is 9.90 Å². The molecule has 1 saturated heterocycles. The molecule has 9 rings (SSSR count). The molecular formula is C50H51BrN6O5Si. The van der Waals surface area contributed by atoms with Crippen molar-refractivity contribution in [3.05, 3.63) is 166 Å². The van der Waals surface area contributed by atoms with Crippen molar-refractivity contribution in [3.63, 3.8) is 0 Å². The van der Waals surface area contributed by atoms with Gasteiger partial charge in [-0.2, -0.15) is 0 Å². The topological polar surface area (TPSA) is 135 Å². The minimum Gasteiger partial charge on any atom is -0.497 e. The van der Waals surface area contributed by atoms with Crippen molar-refractivity contribution in [1.29, 1.82) is 0 Å². The van der Waals surface area contributed by atoms with Gasteiger partial charge in [-0.3, -0.25) is 14.3 Å². The van der Waals surface area contributed by atoms with Gasteiger partial charge < -0.3 is 29.8 Å². The molecule has 322 valence electrons. The monoisotopic (exact) mass is 922 g/mol. The van der Waals surface area contributed by atoms with Crippen molar-refractivity contribution in [2.45, 2.75) is 69.1 Å². The molecule has 13 heteroatoms. The van der Waals surface area contributed by atoms with Crippen molar-refractivity contribution < 1.29 is 24.2 Å². The van der Waals surface area contributed by atoms with Crippen LogP contribution in [0.1, 0.15) is 47.2 Å². The van der Waals surface area contributed by atoms with Crippen molar-refractivity contribution in [2.75, 3.05) is 23.9 Å². The minimum atomic E-state index is -2.40. The van der Waals surface area contributed by atoms with Crippen molar-refractivity contribution in [2.24, 2.45) is 5.92 Å².